The molecule has 1 aromatic carbocycles. The molecule has 2 atom stereocenters. The van der Waals surface area contributed by atoms with Crippen LogP contribution in [0.3, 0.4) is 0 Å². The number of hydrogen-bond acceptors (Lipinski definition) is 6. The molecule has 6 heteroatoms. The molecule has 1 aliphatic heterocycles. The van der Waals surface area contributed by atoms with Crippen LogP contribution in [0, 0.1) is 5.92 Å². The van der Waals surface area contributed by atoms with Gasteiger partial charge in [-0.05, 0) is 63.1 Å². The van der Waals surface area contributed by atoms with E-state index in [1.54, 1.807) is 12.1 Å². The number of carbonyl (C=O) groups is 2. The van der Waals surface area contributed by atoms with Gasteiger partial charge in [0.2, 0.25) is 0 Å². The SMILES string of the molecule is COc1ccc([C@H]2C(C(=O)OC3CCCC3)=C(C)N=C3CCCC(=O)[C@H]32)cc1O. The van der Waals surface area contributed by atoms with Gasteiger partial charge in [-0.2, -0.15) is 0 Å². The van der Waals surface area contributed by atoms with E-state index < -0.39 is 17.8 Å². The van der Waals surface area contributed by atoms with Crippen molar-refractivity contribution in [1.29, 1.82) is 0 Å². The number of rotatable bonds is 4. The summed E-state index contributed by atoms with van der Waals surface area (Å²) in [5.41, 5.74) is 2.57. The van der Waals surface area contributed by atoms with Crippen LogP contribution in [-0.2, 0) is 14.3 Å². The number of hydrogen-bond donors (Lipinski definition) is 1. The molecule has 2 aliphatic carbocycles. The number of aromatic hydroxyl groups is 1. The molecule has 2 fully saturated rings. The summed E-state index contributed by atoms with van der Waals surface area (Å²) >= 11 is 0. The average molecular weight is 397 g/mol. The zero-order valence-electron chi connectivity index (χ0n) is 16.9. The molecule has 3 aliphatic rings. The fourth-order valence-electron chi connectivity index (χ4n) is 4.87. The third-order valence-corrected chi connectivity index (χ3v) is 6.27. The van der Waals surface area contributed by atoms with Gasteiger partial charge in [-0.15, -0.1) is 0 Å². The van der Waals surface area contributed by atoms with Crippen LogP contribution in [0.1, 0.15) is 63.4 Å². The molecular weight excluding hydrogens is 370 g/mol. The predicted octanol–water partition coefficient (Wildman–Crippen LogP) is 4.07. The maximum absolute atomic E-state index is 13.2. The first-order chi connectivity index (χ1) is 14.0. The standard InChI is InChI=1S/C23H27NO5/c1-13-20(23(27)29-15-6-3-4-7-15)21(14-10-11-19(28-2)18(26)12-14)22-16(24-13)8-5-9-17(22)25/h10-12,15,21-22,26H,3-9H2,1-2H3/t21-,22-/m0/s1. The third-order valence-electron chi connectivity index (χ3n) is 6.27. The van der Waals surface area contributed by atoms with E-state index in [4.69, 9.17) is 9.47 Å². The summed E-state index contributed by atoms with van der Waals surface area (Å²) in [6.07, 6.45) is 5.82. The quantitative estimate of drug-likeness (QED) is 0.774. The van der Waals surface area contributed by atoms with Gasteiger partial charge in [0.15, 0.2) is 11.5 Å². The Morgan fingerprint density at radius 3 is 2.59 bits per heavy atom. The molecule has 1 N–H and O–H groups in total. The fraction of sp³-hybridized carbons (Fsp3) is 0.522. The van der Waals surface area contributed by atoms with Crippen LogP contribution >= 0.6 is 0 Å². The highest BCUT2D eigenvalue weighted by molar-refractivity contribution is 6.11. The van der Waals surface area contributed by atoms with Gasteiger partial charge >= 0.3 is 5.97 Å². The molecule has 0 bridgehead atoms. The molecule has 1 aromatic rings. The van der Waals surface area contributed by atoms with Gasteiger partial charge in [0, 0.05) is 23.7 Å². The van der Waals surface area contributed by atoms with Crippen molar-refractivity contribution in [3.05, 3.63) is 35.0 Å². The third kappa shape index (κ3) is 3.68. The molecule has 0 aromatic heterocycles. The maximum Gasteiger partial charge on any atom is 0.336 e. The van der Waals surface area contributed by atoms with Gasteiger partial charge in [-0.3, -0.25) is 9.79 Å². The number of aliphatic imine (C=N–C) groups is 1. The topological polar surface area (TPSA) is 85.2 Å². The van der Waals surface area contributed by atoms with Crippen molar-refractivity contribution in [2.24, 2.45) is 10.9 Å². The minimum Gasteiger partial charge on any atom is -0.504 e. The Morgan fingerprint density at radius 1 is 1.14 bits per heavy atom. The van der Waals surface area contributed by atoms with E-state index in [0.29, 0.717) is 29.0 Å². The van der Waals surface area contributed by atoms with Gasteiger partial charge in [0.25, 0.3) is 0 Å². The molecular formula is C23H27NO5. The van der Waals surface area contributed by atoms with Gasteiger partial charge in [0.05, 0.1) is 18.6 Å². The number of esters is 1. The molecule has 0 amide bonds. The number of nitrogens with zero attached hydrogens (tertiary/aromatic N) is 1. The summed E-state index contributed by atoms with van der Waals surface area (Å²) in [5.74, 6) is -0.945. The summed E-state index contributed by atoms with van der Waals surface area (Å²) in [7, 11) is 1.49. The first-order valence-electron chi connectivity index (χ1n) is 10.4. The molecule has 0 radical (unpaired) electrons. The highest BCUT2D eigenvalue weighted by atomic mass is 16.5. The van der Waals surface area contributed by atoms with E-state index in [-0.39, 0.29) is 17.6 Å². The summed E-state index contributed by atoms with van der Waals surface area (Å²) in [5, 5.41) is 10.3. The molecule has 4 rings (SSSR count). The zero-order chi connectivity index (χ0) is 20.5. The monoisotopic (exact) mass is 397 g/mol. The van der Waals surface area contributed by atoms with Crippen LogP contribution in [0.4, 0.5) is 0 Å². The molecule has 154 valence electrons. The van der Waals surface area contributed by atoms with Crippen LogP contribution < -0.4 is 4.74 Å². The molecule has 2 saturated carbocycles. The Bertz CT molecular complexity index is 895. The van der Waals surface area contributed by atoms with Crippen molar-refractivity contribution in [2.75, 3.05) is 7.11 Å². The fourth-order valence-corrected chi connectivity index (χ4v) is 4.87. The van der Waals surface area contributed by atoms with Gasteiger partial charge in [-0.25, -0.2) is 4.79 Å². The smallest absolute Gasteiger partial charge is 0.336 e. The molecule has 0 unspecified atom stereocenters. The second-order valence-electron chi connectivity index (χ2n) is 8.12. The van der Waals surface area contributed by atoms with Crippen LogP contribution in [-0.4, -0.2) is 35.8 Å². The van der Waals surface area contributed by atoms with E-state index >= 15 is 0 Å². The van der Waals surface area contributed by atoms with E-state index in [1.165, 1.54) is 7.11 Å². The lowest BCUT2D eigenvalue weighted by atomic mass is 9.69. The van der Waals surface area contributed by atoms with Crippen LogP contribution in [0.2, 0.25) is 0 Å². The maximum atomic E-state index is 13.2. The second kappa shape index (κ2) is 8.01. The predicted molar refractivity (Wildman–Crippen MR) is 108 cm³/mol. The summed E-state index contributed by atoms with van der Waals surface area (Å²) < 4.78 is 11.0. The number of benzene rings is 1. The van der Waals surface area contributed by atoms with E-state index in [2.05, 4.69) is 4.99 Å². The highest BCUT2D eigenvalue weighted by Crippen LogP contribution is 2.45. The first-order valence-corrected chi connectivity index (χ1v) is 10.4. The van der Waals surface area contributed by atoms with Gasteiger partial charge in [0.1, 0.15) is 11.9 Å². The van der Waals surface area contributed by atoms with Crippen molar-refractivity contribution in [3.8, 4) is 11.5 Å². The molecule has 0 saturated heterocycles. The van der Waals surface area contributed by atoms with Gasteiger partial charge in [-0.1, -0.05) is 6.07 Å². The lowest BCUT2D eigenvalue weighted by molar-refractivity contribution is -0.144. The minimum atomic E-state index is -0.499. The lowest BCUT2D eigenvalue weighted by Gasteiger charge is -2.36. The number of fused-ring (bicyclic) bond motifs is 1. The van der Waals surface area contributed by atoms with Crippen LogP contribution in [0.15, 0.2) is 34.5 Å². The van der Waals surface area contributed by atoms with Crippen molar-refractivity contribution in [1.82, 2.24) is 0 Å². The number of ether oxygens (including phenoxy) is 2. The molecule has 6 nitrogen and oxygen atoms in total. The van der Waals surface area contributed by atoms with Crippen molar-refractivity contribution in [2.45, 2.75) is 63.9 Å². The average Bonchev–Trinajstić information content (AvgIpc) is 3.20. The van der Waals surface area contributed by atoms with E-state index in [1.807, 2.05) is 13.0 Å². The number of phenols is 1. The van der Waals surface area contributed by atoms with Crippen LogP contribution in [0.5, 0.6) is 11.5 Å². The van der Waals surface area contributed by atoms with Gasteiger partial charge < -0.3 is 14.6 Å². The minimum absolute atomic E-state index is 0.0153. The molecule has 1 heterocycles. The summed E-state index contributed by atoms with van der Waals surface area (Å²) in [6, 6.07) is 5.06. The highest BCUT2D eigenvalue weighted by Gasteiger charge is 2.44. The zero-order valence-corrected chi connectivity index (χ0v) is 16.9. The van der Waals surface area contributed by atoms with E-state index in [0.717, 1.165) is 44.2 Å². The number of carbonyl (C=O) groups excluding carboxylic acids is 2. The second-order valence-corrected chi connectivity index (χ2v) is 8.12. The van der Waals surface area contributed by atoms with Crippen molar-refractivity contribution < 1.29 is 24.2 Å². The number of methoxy groups -OCH3 is 1. The van der Waals surface area contributed by atoms with Crippen LogP contribution in [0.25, 0.3) is 0 Å². The molecule has 0 spiro atoms. The first kappa shape index (κ1) is 19.7. The van der Waals surface area contributed by atoms with Crippen molar-refractivity contribution >= 4 is 17.5 Å². The largest absolute Gasteiger partial charge is 0.504 e. The number of phenolic OH excluding ortho intramolecular Hbond substituents is 1. The van der Waals surface area contributed by atoms with Crippen molar-refractivity contribution in [3.63, 3.8) is 0 Å². The summed E-state index contributed by atoms with van der Waals surface area (Å²) in [4.78, 5) is 30.7. The Kier molecular flexibility index (Phi) is 5.43. The number of Topliss-reactive ketones (excluding diaryl/α,β-unsaturated/α-hetero) is 1. The van der Waals surface area contributed by atoms with E-state index in [9.17, 15) is 14.7 Å². The lowest BCUT2D eigenvalue weighted by Crippen LogP contribution is -2.39. The Morgan fingerprint density at radius 2 is 1.90 bits per heavy atom. The molecule has 29 heavy (non-hydrogen) atoms. The summed E-state index contributed by atoms with van der Waals surface area (Å²) in [6.45, 7) is 1.81. The number of allylic oxidation sites excluding steroid dienone is 1. The Balaban J connectivity index is 1.77. The Labute approximate surface area is 170 Å². The normalized spacial score (nSPS) is 24.9. The Hall–Kier alpha value is -2.63. The number of ketones is 1.